The maximum atomic E-state index is 12.0. The van der Waals surface area contributed by atoms with Crippen molar-refractivity contribution in [3.05, 3.63) is 46.8 Å². The molecule has 1 aromatic carbocycles. The first kappa shape index (κ1) is 15.0. The van der Waals surface area contributed by atoms with Crippen LogP contribution in [0, 0.1) is 13.8 Å². The van der Waals surface area contributed by atoms with E-state index in [0.29, 0.717) is 11.3 Å². The predicted molar refractivity (Wildman–Crippen MR) is 75.6 cm³/mol. The van der Waals surface area contributed by atoms with E-state index in [1.54, 1.807) is 19.9 Å². The number of rotatable bonds is 5. The second-order valence-electron chi connectivity index (χ2n) is 4.62. The molecule has 2 aromatic rings. The predicted octanol–water partition coefficient (Wildman–Crippen LogP) is 1.93. The summed E-state index contributed by atoms with van der Waals surface area (Å²) >= 11 is 0. The summed E-state index contributed by atoms with van der Waals surface area (Å²) in [7, 11) is -3.70. The number of carbonyl (C=O) groups is 1. The number of anilines is 1. The Hall–Kier alpha value is -2.35. The van der Waals surface area contributed by atoms with Crippen molar-refractivity contribution in [1.82, 2.24) is 5.16 Å². The molecule has 2 rings (SSSR count). The average molecular weight is 310 g/mol. The summed E-state index contributed by atoms with van der Waals surface area (Å²) in [5.74, 6) is -0.940. The fraction of sp³-hybridized carbons (Fsp3) is 0.231. The normalized spacial score (nSPS) is 11.3. The van der Waals surface area contributed by atoms with Crippen LogP contribution in [-0.4, -0.2) is 24.7 Å². The van der Waals surface area contributed by atoms with E-state index >= 15 is 0 Å². The van der Waals surface area contributed by atoms with Gasteiger partial charge in [-0.1, -0.05) is 11.2 Å². The Morgan fingerprint density at radius 1 is 1.33 bits per heavy atom. The molecular formula is C13H14N2O5S. The lowest BCUT2D eigenvalue weighted by Gasteiger charge is -2.08. The Morgan fingerprint density at radius 3 is 2.62 bits per heavy atom. The van der Waals surface area contributed by atoms with Gasteiger partial charge in [0.15, 0.2) is 0 Å². The van der Waals surface area contributed by atoms with Gasteiger partial charge in [0.1, 0.15) is 17.2 Å². The zero-order valence-electron chi connectivity index (χ0n) is 11.5. The van der Waals surface area contributed by atoms with Crippen LogP contribution in [0.3, 0.4) is 0 Å². The fourth-order valence-electron chi connectivity index (χ4n) is 1.81. The molecule has 0 saturated carbocycles. The van der Waals surface area contributed by atoms with E-state index in [2.05, 4.69) is 9.88 Å². The first-order chi connectivity index (χ1) is 9.77. The monoisotopic (exact) mass is 310 g/mol. The number of nitrogens with one attached hydrogen (secondary N) is 1. The van der Waals surface area contributed by atoms with Crippen LogP contribution in [0.1, 0.15) is 27.4 Å². The van der Waals surface area contributed by atoms with Crippen molar-refractivity contribution in [3.63, 3.8) is 0 Å². The highest BCUT2D eigenvalue weighted by atomic mass is 32.2. The van der Waals surface area contributed by atoms with Gasteiger partial charge < -0.3 is 9.63 Å². The molecule has 0 aliphatic carbocycles. The van der Waals surface area contributed by atoms with Gasteiger partial charge in [-0.25, -0.2) is 13.2 Å². The number of benzene rings is 1. The van der Waals surface area contributed by atoms with Gasteiger partial charge in [-0.3, -0.25) is 4.72 Å². The number of sulfonamides is 1. The minimum Gasteiger partial charge on any atom is -0.478 e. The van der Waals surface area contributed by atoms with Crippen LogP contribution in [0.25, 0.3) is 0 Å². The molecular weight excluding hydrogens is 296 g/mol. The molecule has 112 valence electrons. The van der Waals surface area contributed by atoms with Crippen LogP contribution in [0.15, 0.2) is 28.8 Å². The average Bonchev–Trinajstić information content (AvgIpc) is 2.75. The molecule has 1 heterocycles. The third kappa shape index (κ3) is 3.82. The summed E-state index contributed by atoms with van der Waals surface area (Å²) in [5, 5.41) is 12.6. The molecule has 2 N–H and O–H groups in total. The molecule has 0 saturated heterocycles. The summed E-state index contributed by atoms with van der Waals surface area (Å²) in [6, 6.07) is 5.86. The zero-order valence-corrected chi connectivity index (χ0v) is 12.3. The quantitative estimate of drug-likeness (QED) is 0.873. The first-order valence-electron chi connectivity index (χ1n) is 6.03. The lowest BCUT2D eigenvalue weighted by Crippen LogP contribution is -2.15. The Bertz CT molecular complexity index is 780. The highest BCUT2D eigenvalue weighted by molar-refractivity contribution is 7.91. The van der Waals surface area contributed by atoms with Crippen molar-refractivity contribution in [2.24, 2.45) is 0 Å². The Labute approximate surface area is 121 Å². The third-order valence-electron chi connectivity index (χ3n) is 2.76. The number of carboxylic acids is 1. The van der Waals surface area contributed by atoms with Crippen molar-refractivity contribution in [2.45, 2.75) is 19.6 Å². The molecule has 0 aliphatic heterocycles. The van der Waals surface area contributed by atoms with E-state index in [4.69, 9.17) is 9.63 Å². The summed E-state index contributed by atoms with van der Waals surface area (Å²) in [6.07, 6.45) is 0. The standard InChI is InChI=1S/C13H14N2O5S/c1-8-3-4-10(6-12(8)13(16)17)15-21(18,19)7-11-5-9(2)20-14-11/h3-6,15H,7H2,1-2H3,(H,16,17). The molecule has 8 heteroatoms. The van der Waals surface area contributed by atoms with Gasteiger partial charge in [0.25, 0.3) is 0 Å². The Morgan fingerprint density at radius 2 is 2.05 bits per heavy atom. The lowest BCUT2D eigenvalue weighted by molar-refractivity contribution is 0.0696. The summed E-state index contributed by atoms with van der Waals surface area (Å²) in [6.45, 7) is 3.30. The minimum absolute atomic E-state index is 0.0486. The maximum absolute atomic E-state index is 12.0. The van der Waals surface area contributed by atoms with Crippen molar-refractivity contribution in [3.8, 4) is 0 Å². The van der Waals surface area contributed by atoms with Crippen molar-refractivity contribution >= 4 is 21.7 Å². The molecule has 1 aromatic heterocycles. The van der Waals surface area contributed by atoms with Crippen LogP contribution in [0.2, 0.25) is 0 Å². The van der Waals surface area contributed by atoms with Crippen LogP contribution in [0.4, 0.5) is 5.69 Å². The van der Waals surface area contributed by atoms with E-state index in [-0.39, 0.29) is 22.7 Å². The van der Waals surface area contributed by atoms with Gasteiger partial charge in [-0.2, -0.15) is 0 Å². The molecule has 21 heavy (non-hydrogen) atoms. The van der Waals surface area contributed by atoms with Crippen LogP contribution in [-0.2, 0) is 15.8 Å². The Kier molecular flexibility index (Phi) is 3.99. The van der Waals surface area contributed by atoms with Gasteiger partial charge in [0.05, 0.1) is 5.56 Å². The number of aromatic nitrogens is 1. The molecule has 0 radical (unpaired) electrons. The third-order valence-corrected chi connectivity index (χ3v) is 3.98. The number of nitrogens with zero attached hydrogens (tertiary/aromatic N) is 1. The number of carboxylic acid groups (broad SMARTS) is 1. The van der Waals surface area contributed by atoms with E-state index in [9.17, 15) is 13.2 Å². The molecule has 0 atom stereocenters. The number of aryl methyl sites for hydroxylation is 2. The molecule has 0 bridgehead atoms. The molecule has 0 aliphatic rings. The first-order valence-corrected chi connectivity index (χ1v) is 7.69. The molecule has 0 fully saturated rings. The van der Waals surface area contributed by atoms with Crippen molar-refractivity contribution < 1.29 is 22.8 Å². The fourth-order valence-corrected chi connectivity index (χ4v) is 2.90. The molecule has 0 amide bonds. The van der Waals surface area contributed by atoms with Crippen LogP contribution in [0.5, 0.6) is 0 Å². The summed E-state index contributed by atoms with van der Waals surface area (Å²) in [5.41, 5.74) is 1.08. The Balaban J connectivity index is 2.20. The van der Waals surface area contributed by atoms with E-state index in [1.807, 2.05) is 0 Å². The highest BCUT2D eigenvalue weighted by Gasteiger charge is 2.16. The maximum Gasteiger partial charge on any atom is 0.336 e. The number of hydrogen-bond acceptors (Lipinski definition) is 5. The lowest BCUT2D eigenvalue weighted by atomic mass is 10.1. The molecule has 0 unspecified atom stereocenters. The van der Waals surface area contributed by atoms with Gasteiger partial charge >= 0.3 is 5.97 Å². The van der Waals surface area contributed by atoms with Gasteiger partial charge in [0.2, 0.25) is 10.0 Å². The highest BCUT2D eigenvalue weighted by Crippen LogP contribution is 2.18. The van der Waals surface area contributed by atoms with E-state index in [0.717, 1.165) is 0 Å². The zero-order chi connectivity index (χ0) is 15.6. The van der Waals surface area contributed by atoms with Gasteiger partial charge in [0, 0.05) is 11.8 Å². The topological polar surface area (TPSA) is 110 Å². The smallest absolute Gasteiger partial charge is 0.336 e. The van der Waals surface area contributed by atoms with E-state index < -0.39 is 16.0 Å². The second-order valence-corrected chi connectivity index (χ2v) is 6.35. The minimum atomic E-state index is -3.70. The van der Waals surface area contributed by atoms with Crippen molar-refractivity contribution in [1.29, 1.82) is 0 Å². The summed E-state index contributed by atoms with van der Waals surface area (Å²) in [4.78, 5) is 11.0. The van der Waals surface area contributed by atoms with Crippen LogP contribution < -0.4 is 4.72 Å². The van der Waals surface area contributed by atoms with E-state index in [1.165, 1.54) is 18.2 Å². The molecule has 0 spiro atoms. The number of aromatic carboxylic acids is 1. The van der Waals surface area contributed by atoms with Crippen molar-refractivity contribution in [2.75, 3.05) is 4.72 Å². The second kappa shape index (κ2) is 5.57. The molecule has 7 nitrogen and oxygen atoms in total. The van der Waals surface area contributed by atoms with Gasteiger partial charge in [-0.15, -0.1) is 0 Å². The summed E-state index contributed by atoms with van der Waals surface area (Å²) < 4.78 is 31.1. The SMILES string of the molecule is Cc1cc(CS(=O)(=O)Nc2ccc(C)c(C(=O)O)c2)no1. The van der Waals surface area contributed by atoms with Crippen LogP contribution >= 0.6 is 0 Å². The number of hydrogen-bond donors (Lipinski definition) is 2. The largest absolute Gasteiger partial charge is 0.478 e. The van der Waals surface area contributed by atoms with Gasteiger partial charge in [-0.05, 0) is 31.5 Å².